The number of terminal acetylenes is 1. The van der Waals surface area contributed by atoms with Gasteiger partial charge in [0.2, 0.25) is 5.88 Å². The SMILES string of the molecule is C#CCOc1nc(CCC)nc(Cl)c1C. The Hall–Kier alpha value is -1.27. The Labute approximate surface area is 94.8 Å². The van der Waals surface area contributed by atoms with E-state index in [9.17, 15) is 0 Å². The summed E-state index contributed by atoms with van der Waals surface area (Å²) in [5.74, 6) is 3.57. The summed E-state index contributed by atoms with van der Waals surface area (Å²) in [4.78, 5) is 8.40. The third kappa shape index (κ3) is 3.10. The van der Waals surface area contributed by atoms with E-state index in [1.807, 2.05) is 6.92 Å². The molecule has 0 unspecified atom stereocenters. The van der Waals surface area contributed by atoms with E-state index in [1.165, 1.54) is 0 Å². The molecule has 0 saturated carbocycles. The van der Waals surface area contributed by atoms with Crippen molar-refractivity contribution in [3.63, 3.8) is 0 Å². The molecular weight excluding hydrogens is 212 g/mol. The molecule has 1 aromatic rings. The van der Waals surface area contributed by atoms with Crippen LogP contribution in [0.3, 0.4) is 0 Å². The van der Waals surface area contributed by atoms with Gasteiger partial charge in [-0.3, -0.25) is 0 Å². The average Bonchev–Trinajstić information content (AvgIpc) is 2.21. The summed E-state index contributed by atoms with van der Waals surface area (Å²) >= 11 is 5.95. The number of aryl methyl sites for hydroxylation is 1. The first-order valence-electron chi connectivity index (χ1n) is 4.78. The highest BCUT2D eigenvalue weighted by Crippen LogP contribution is 2.22. The van der Waals surface area contributed by atoms with E-state index in [0.717, 1.165) is 18.4 Å². The zero-order valence-corrected chi connectivity index (χ0v) is 9.64. The van der Waals surface area contributed by atoms with Gasteiger partial charge in [-0.1, -0.05) is 24.4 Å². The molecule has 1 rings (SSSR count). The molecule has 0 N–H and O–H groups in total. The van der Waals surface area contributed by atoms with Crippen molar-refractivity contribution in [2.75, 3.05) is 6.61 Å². The maximum Gasteiger partial charge on any atom is 0.222 e. The number of hydrogen-bond donors (Lipinski definition) is 0. The Morgan fingerprint density at radius 2 is 2.20 bits per heavy atom. The van der Waals surface area contributed by atoms with Gasteiger partial charge in [0.1, 0.15) is 11.0 Å². The minimum absolute atomic E-state index is 0.194. The van der Waals surface area contributed by atoms with Crippen LogP contribution in [0.2, 0.25) is 5.15 Å². The van der Waals surface area contributed by atoms with Gasteiger partial charge in [0.05, 0.1) is 0 Å². The first-order valence-corrected chi connectivity index (χ1v) is 5.16. The lowest BCUT2D eigenvalue weighted by molar-refractivity contribution is 0.350. The lowest BCUT2D eigenvalue weighted by Gasteiger charge is -2.08. The molecule has 0 spiro atoms. The normalized spacial score (nSPS) is 9.73. The van der Waals surface area contributed by atoms with Crippen LogP contribution in [0.4, 0.5) is 0 Å². The van der Waals surface area contributed by atoms with Crippen LogP contribution in [-0.2, 0) is 6.42 Å². The highest BCUT2D eigenvalue weighted by atomic mass is 35.5. The van der Waals surface area contributed by atoms with E-state index < -0.39 is 0 Å². The van der Waals surface area contributed by atoms with Gasteiger partial charge >= 0.3 is 0 Å². The molecule has 0 radical (unpaired) electrons. The third-order valence-electron chi connectivity index (χ3n) is 1.85. The molecular formula is C11H13ClN2O. The summed E-state index contributed by atoms with van der Waals surface area (Å²) in [6.45, 7) is 4.06. The molecule has 0 aliphatic rings. The van der Waals surface area contributed by atoms with Gasteiger partial charge in [0, 0.05) is 12.0 Å². The topological polar surface area (TPSA) is 35.0 Å². The number of halogens is 1. The maximum atomic E-state index is 5.95. The molecule has 0 fully saturated rings. The summed E-state index contributed by atoms with van der Waals surface area (Å²) in [6.07, 6.45) is 6.86. The van der Waals surface area contributed by atoms with Gasteiger partial charge in [-0.2, -0.15) is 4.98 Å². The largest absolute Gasteiger partial charge is 0.464 e. The zero-order chi connectivity index (χ0) is 11.3. The predicted molar refractivity (Wildman–Crippen MR) is 60.1 cm³/mol. The van der Waals surface area contributed by atoms with Crippen LogP contribution in [0.25, 0.3) is 0 Å². The first kappa shape index (κ1) is 11.8. The van der Waals surface area contributed by atoms with Crippen molar-refractivity contribution in [3.05, 3.63) is 16.5 Å². The van der Waals surface area contributed by atoms with Gasteiger partial charge < -0.3 is 4.74 Å². The Balaban J connectivity index is 2.97. The van der Waals surface area contributed by atoms with Crippen molar-refractivity contribution < 1.29 is 4.74 Å². The fourth-order valence-corrected chi connectivity index (χ4v) is 1.28. The molecule has 1 aromatic heterocycles. The van der Waals surface area contributed by atoms with Crippen LogP contribution >= 0.6 is 11.6 Å². The van der Waals surface area contributed by atoms with Gasteiger partial charge in [0.15, 0.2) is 6.61 Å². The molecule has 0 bridgehead atoms. The number of ether oxygens (including phenoxy) is 1. The van der Waals surface area contributed by atoms with E-state index in [4.69, 9.17) is 22.8 Å². The summed E-state index contributed by atoms with van der Waals surface area (Å²) in [5, 5.41) is 0.431. The Morgan fingerprint density at radius 3 is 2.80 bits per heavy atom. The zero-order valence-electron chi connectivity index (χ0n) is 8.88. The summed E-state index contributed by atoms with van der Waals surface area (Å²) in [5.41, 5.74) is 0.728. The second-order valence-electron chi connectivity index (χ2n) is 3.10. The average molecular weight is 225 g/mol. The third-order valence-corrected chi connectivity index (χ3v) is 2.22. The second-order valence-corrected chi connectivity index (χ2v) is 3.46. The molecule has 0 aromatic carbocycles. The van der Waals surface area contributed by atoms with Crippen LogP contribution in [0.15, 0.2) is 0 Å². The smallest absolute Gasteiger partial charge is 0.222 e. The van der Waals surface area contributed by atoms with Crippen LogP contribution in [0.1, 0.15) is 24.7 Å². The van der Waals surface area contributed by atoms with Crippen molar-refractivity contribution >= 4 is 11.6 Å². The quantitative estimate of drug-likeness (QED) is 0.582. The Morgan fingerprint density at radius 1 is 1.47 bits per heavy atom. The van der Waals surface area contributed by atoms with Crippen molar-refractivity contribution in [2.24, 2.45) is 0 Å². The highest BCUT2D eigenvalue weighted by Gasteiger charge is 2.09. The van der Waals surface area contributed by atoms with Crippen molar-refractivity contribution in [1.82, 2.24) is 9.97 Å². The molecule has 0 saturated heterocycles. The molecule has 0 atom stereocenters. The lowest BCUT2D eigenvalue weighted by Crippen LogP contribution is -2.04. The molecule has 4 heteroatoms. The van der Waals surface area contributed by atoms with Crippen molar-refractivity contribution in [1.29, 1.82) is 0 Å². The summed E-state index contributed by atoms with van der Waals surface area (Å²) < 4.78 is 5.28. The number of aromatic nitrogens is 2. The number of hydrogen-bond acceptors (Lipinski definition) is 3. The van der Waals surface area contributed by atoms with Crippen LogP contribution < -0.4 is 4.74 Å². The second kappa shape index (κ2) is 5.57. The lowest BCUT2D eigenvalue weighted by atomic mass is 10.3. The predicted octanol–water partition coefficient (Wildman–Crippen LogP) is 2.40. The minimum Gasteiger partial charge on any atom is -0.464 e. The Bertz CT molecular complexity index is 385. The molecule has 15 heavy (non-hydrogen) atoms. The first-order chi connectivity index (χ1) is 7.19. The van der Waals surface area contributed by atoms with E-state index in [-0.39, 0.29) is 6.61 Å². The van der Waals surface area contributed by atoms with E-state index in [0.29, 0.717) is 16.9 Å². The summed E-state index contributed by atoms with van der Waals surface area (Å²) in [7, 11) is 0. The van der Waals surface area contributed by atoms with Crippen molar-refractivity contribution in [3.8, 4) is 18.2 Å². The molecule has 0 aliphatic heterocycles. The van der Waals surface area contributed by atoms with Crippen LogP contribution in [0, 0.1) is 19.3 Å². The molecule has 1 heterocycles. The summed E-state index contributed by atoms with van der Waals surface area (Å²) in [6, 6.07) is 0. The standard InChI is InChI=1S/C11H13ClN2O/c1-4-6-9-13-10(12)8(3)11(14-9)15-7-5-2/h2H,4,6-7H2,1,3H3. The fraction of sp³-hybridized carbons (Fsp3) is 0.455. The maximum absolute atomic E-state index is 5.95. The van der Waals surface area contributed by atoms with Crippen LogP contribution in [0.5, 0.6) is 5.88 Å². The van der Waals surface area contributed by atoms with Crippen molar-refractivity contribution in [2.45, 2.75) is 26.7 Å². The highest BCUT2D eigenvalue weighted by molar-refractivity contribution is 6.30. The molecule has 0 amide bonds. The van der Waals surface area contributed by atoms with Gasteiger partial charge in [-0.05, 0) is 13.3 Å². The fourth-order valence-electron chi connectivity index (χ4n) is 1.10. The number of rotatable bonds is 4. The van der Waals surface area contributed by atoms with Gasteiger partial charge in [-0.15, -0.1) is 6.42 Å². The molecule has 0 aliphatic carbocycles. The van der Waals surface area contributed by atoms with Gasteiger partial charge in [-0.25, -0.2) is 4.98 Å². The monoisotopic (exact) mass is 224 g/mol. The van der Waals surface area contributed by atoms with Gasteiger partial charge in [0.25, 0.3) is 0 Å². The molecule has 80 valence electrons. The molecule has 3 nitrogen and oxygen atoms in total. The Kier molecular flexibility index (Phi) is 4.38. The number of nitrogens with zero attached hydrogens (tertiary/aromatic N) is 2. The van der Waals surface area contributed by atoms with E-state index in [2.05, 4.69) is 22.8 Å². The van der Waals surface area contributed by atoms with E-state index >= 15 is 0 Å². The van der Waals surface area contributed by atoms with E-state index in [1.54, 1.807) is 0 Å². The minimum atomic E-state index is 0.194. The van der Waals surface area contributed by atoms with Crippen LogP contribution in [-0.4, -0.2) is 16.6 Å².